The molecule has 0 unspecified atom stereocenters. The van der Waals surface area contributed by atoms with Crippen molar-refractivity contribution in [2.24, 2.45) is 0 Å². The quantitative estimate of drug-likeness (QED) is 0.677. The second-order valence-electron chi connectivity index (χ2n) is 5.45. The average Bonchev–Trinajstić information content (AvgIpc) is 2.66. The van der Waals surface area contributed by atoms with Gasteiger partial charge in [-0.2, -0.15) is 0 Å². The molecule has 0 radical (unpaired) electrons. The normalized spacial score (nSPS) is 10.5. The van der Waals surface area contributed by atoms with Crippen LogP contribution in [0.25, 0.3) is 21.9 Å². The molecule has 5 heteroatoms. The van der Waals surface area contributed by atoms with Crippen molar-refractivity contribution in [1.82, 2.24) is 4.98 Å². The summed E-state index contributed by atoms with van der Waals surface area (Å²) in [6, 6.07) is 13.0. The fourth-order valence-electron chi connectivity index (χ4n) is 2.59. The van der Waals surface area contributed by atoms with Gasteiger partial charge in [0.05, 0.1) is 24.8 Å². The van der Waals surface area contributed by atoms with Gasteiger partial charge in [-0.3, -0.25) is 4.98 Å². The highest BCUT2D eigenvalue weighted by Gasteiger charge is 2.10. The largest absolute Gasteiger partial charge is 0.465 e. The zero-order chi connectivity index (χ0) is 17.8. The first-order valence-electron chi connectivity index (χ1n) is 7.87. The third-order valence-electron chi connectivity index (χ3n) is 3.84. The number of hydrogen-bond acceptors (Lipinski definition) is 5. The summed E-state index contributed by atoms with van der Waals surface area (Å²) in [7, 11) is 1.36. The number of methoxy groups -OCH3 is 1. The van der Waals surface area contributed by atoms with Gasteiger partial charge in [-0.15, -0.1) is 0 Å². The molecule has 0 aliphatic heterocycles. The van der Waals surface area contributed by atoms with Crippen molar-refractivity contribution >= 4 is 22.7 Å². The van der Waals surface area contributed by atoms with Gasteiger partial charge in [0.1, 0.15) is 0 Å². The van der Waals surface area contributed by atoms with E-state index in [0.717, 1.165) is 21.9 Å². The zero-order valence-corrected chi connectivity index (χ0v) is 14.0. The van der Waals surface area contributed by atoms with E-state index in [4.69, 9.17) is 9.47 Å². The highest BCUT2D eigenvalue weighted by Crippen LogP contribution is 2.25. The lowest BCUT2D eigenvalue weighted by molar-refractivity contribution is 0.0525. The van der Waals surface area contributed by atoms with Gasteiger partial charge in [-0.05, 0) is 47.5 Å². The molecule has 0 aliphatic carbocycles. The Morgan fingerprint density at radius 1 is 0.880 bits per heavy atom. The van der Waals surface area contributed by atoms with Gasteiger partial charge < -0.3 is 9.47 Å². The summed E-state index contributed by atoms with van der Waals surface area (Å²) >= 11 is 0. The van der Waals surface area contributed by atoms with Crippen molar-refractivity contribution < 1.29 is 19.1 Å². The van der Waals surface area contributed by atoms with Gasteiger partial charge in [-0.25, -0.2) is 9.59 Å². The minimum atomic E-state index is -0.389. The molecule has 2 aromatic carbocycles. The third-order valence-corrected chi connectivity index (χ3v) is 3.84. The minimum Gasteiger partial charge on any atom is -0.465 e. The van der Waals surface area contributed by atoms with Crippen molar-refractivity contribution in [2.45, 2.75) is 6.92 Å². The number of benzene rings is 2. The number of nitrogens with zero attached hydrogens (tertiary/aromatic N) is 1. The highest BCUT2D eigenvalue weighted by molar-refractivity contribution is 5.97. The van der Waals surface area contributed by atoms with Crippen LogP contribution in [0.4, 0.5) is 0 Å². The first-order valence-corrected chi connectivity index (χ1v) is 7.87. The second-order valence-corrected chi connectivity index (χ2v) is 5.45. The van der Waals surface area contributed by atoms with Gasteiger partial charge in [0.2, 0.25) is 0 Å². The first-order chi connectivity index (χ1) is 12.1. The van der Waals surface area contributed by atoms with Crippen molar-refractivity contribution in [1.29, 1.82) is 0 Å². The van der Waals surface area contributed by atoms with Crippen molar-refractivity contribution in [3.63, 3.8) is 0 Å². The van der Waals surface area contributed by atoms with Crippen LogP contribution >= 0.6 is 0 Å². The number of ether oxygens (including phenoxy) is 2. The molecule has 0 N–H and O–H groups in total. The molecule has 5 nitrogen and oxygen atoms in total. The summed E-state index contributed by atoms with van der Waals surface area (Å²) in [5, 5.41) is 1.91. The van der Waals surface area contributed by atoms with Crippen LogP contribution in [0.15, 0.2) is 54.9 Å². The lowest BCUT2D eigenvalue weighted by atomic mass is 10.00. The number of pyridine rings is 1. The topological polar surface area (TPSA) is 65.5 Å². The predicted octanol–water partition coefficient (Wildman–Crippen LogP) is 3.87. The molecule has 0 spiro atoms. The number of carbonyl (C=O) groups excluding carboxylic acids is 2. The molecule has 0 fully saturated rings. The van der Waals surface area contributed by atoms with Crippen LogP contribution in [0.5, 0.6) is 0 Å². The average molecular weight is 335 g/mol. The molecule has 25 heavy (non-hydrogen) atoms. The molecule has 0 atom stereocenters. The molecule has 0 amide bonds. The second kappa shape index (κ2) is 7.13. The van der Waals surface area contributed by atoms with Crippen LogP contribution in [0.3, 0.4) is 0 Å². The Labute approximate surface area is 145 Å². The van der Waals surface area contributed by atoms with E-state index in [1.54, 1.807) is 31.3 Å². The molecule has 1 heterocycles. The lowest BCUT2D eigenvalue weighted by Gasteiger charge is -2.07. The number of esters is 2. The number of aromatic nitrogens is 1. The summed E-state index contributed by atoms with van der Waals surface area (Å²) in [5.41, 5.74) is 2.68. The van der Waals surface area contributed by atoms with E-state index in [2.05, 4.69) is 4.98 Å². The van der Waals surface area contributed by atoms with Gasteiger partial charge in [0.25, 0.3) is 0 Å². The first kappa shape index (κ1) is 16.6. The SMILES string of the molecule is CCOC(=O)c1cncc(-c2ccc3cc(C(=O)OC)ccc3c2)c1. The Morgan fingerprint density at radius 2 is 1.64 bits per heavy atom. The molecule has 0 aliphatic rings. The van der Waals surface area contributed by atoms with Gasteiger partial charge in [-0.1, -0.05) is 18.2 Å². The summed E-state index contributed by atoms with van der Waals surface area (Å²) < 4.78 is 9.76. The van der Waals surface area contributed by atoms with E-state index in [1.807, 2.05) is 24.3 Å². The summed E-state index contributed by atoms with van der Waals surface area (Å²) in [6.45, 7) is 2.09. The third kappa shape index (κ3) is 3.50. The summed E-state index contributed by atoms with van der Waals surface area (Å²) in [5.74, 6) is -0.752. The monoisotopic (exact) mass is 335 g/mol. The fourth-order valence-corrected chi connectivity index (χ4v) is 2.59. The van der Waals surface area contributed by atoms with Crippen LogP contribution in [-0.2, 0) is 9.47 Å². The van der Waals surface area contributed by atoms with Gasteiger partial charge >= 0.3 is 11.9 Å². The Bertz CT molecular complexity index is 949. The molecule has 0 saturated carbocycles. The molecular weight excluding hydrogens is 318 g/mol. The Kier molecular flexibility index (Phi) is 4.75. The van der Waals surface area contributed by atoms with E-state index in [0.29, 0.717) is 17.7 Å². The molecular formula is C20H17NO4. The molecule has 1 aromatic heterocycles. The van der Waals surface area contributed by atoms with Crippen LogP contribution in [0.1, 0.15) is 27.6 Å². The van der Waals surface area contributed by atoms with Crippen LogP contribution in [0.2, 0.25) is 0 Å². The summed E-state index contributed by atoms with van der Waals surface area (Å²) in [4.78, 5) is 27.6. The number of hydrogen-bond donors (Lipinski definition) is 0. The Morgan fingerprint density at radius 3 is 2.40 bits per heavy atom. The van der Waals surface area contributed by atoms with Crippen LogP contribution < -0.4 is 0 Å². The standard InChI is InChI=1S/C20H17NO4/c1-3-25-20(23)18-10-17(11-21-12-18)15-5-4-14-9-16(19(22)24-2)7-6-13(14)8-15/h4-12H,3H2,1-2H3. The highest BCUT2D eigenvalue weighted by atomic mass is 16.5. The predicted molar refractivity (Wildman–Crippen MR) is 94.5 cm³/mol. The van der Waals surface area contributed by atoms with E-state index >= 15 is 0 Å². The maximum absolute atomic E-state index is 11.9. The van der Waals surface area contributed by atoms with E-state index in [1.165, 1.54) is 13.3 Å². The lowest BCUT2D eigenvalue weighted by Crippen LogP contribution is -2.05. The number of rotatable bonds is 4. The Balaban J connectivity index is 1.98. The van der Waals surface area contributed by atoms with E-state index in [-0.39, 0.29) is 11.9 Å². The van der Waals surface area contributed by atoms with Crippen molar-refractivity contribution in [3.8, 4) is 11.1 Å². The molecule has 126 valence electrons. The van der Waals surface area contributed by atoms with Gasteiger partial charge in [0, 0.05) is 18.0 Å². The van der Waals surface area contributed by atoms with Crippen molar-refractivity contribution in [3.05, 3.63) is 66.0 Å². The Hall–Kier alpha value is -3.21. The van der Waals surface area contributed by atoms with E-state index < -0.39 is 0 Å². The summed E-state index contributed by atoms with van der Waals surface area (Å²) in [6.07, 6.45) is 3.19. The molecule has 0 saturated heterocycles. The number of fused-ring (bicyclic) bond motifs is 1. The zero-order valence-electron chi connectivity index (χ0n) is 14.0. The van der Waals surface area contributed by atoms with Crippen LogP contribution in [-0.4, -0.2) is 30.6 Å². The smallest absolute Gasteiger partial charge is 0.339 e. The maximum atomic E-state index is 11.9. The fraction of sp³-hybridized carbons (Fsp3) is 0.150. The number of carbonyl (C=O) groups is 2. The maximum Gasteiger partial charge on any atom is 0.339 e. The molecule has 0 bridgehead atoms. The molecule has 3 rings (SSSR count). The van der Waals surface area contributed by atoms with Crippen molar-refractivity contribution in [2.75, 3.05) is 13.7 Å². The molecule has 3 aromatic rings. The minimum absolute atomic E-state index is 0.321. The van der Waals surface area contributed by atoms with E-state index in [9.17, 15) is 9.59 Å². The van der Waals surface area contributed by atoms with Gasteiger partial charge in [0.15, 0.2) is 0 Å². The van der Waals surface area contributed by atoms with Crippen LogP contribution in [0, 0.1) is 0 Å².